The second-order valence-electron chi connectivity index (χ2n) is 3.22. The summed E-state index contributed by atoms with van der Waals surface area (Å²) in [5, 5.41) is -0.00620. The number of pyridine rings is 1. The van der Waals surface area contributed by atoms with Crippen LogP contribution in [0.2, 0.25) is 5.15 Å². The first-order valence-electron chi connectivity index (χ1n) is 4.60. The third kappa shape index (κ3) is 3.15. The second-order valence-corrected chi connectivity index (χ2v) is 5.26. The lowest BCUT2D eigenvalue weighted by molar-refractivity contribution is 0.555. The van der Waals surface area contributed by atoms with Crippen molar-refractivity contribution in [2.45, 2.75) is 31.2 Å². The molecule has 0 amide bonds. The van der Waals surface area contributed by atoms with E-state index in [2.05, 4.69) is 9.71 Å². The average molecular weight is 249 g/mol. The molecule has 0 radical (unpaired) electrons. The van der Waals surface area contributed by atoms with Crippen LogP contribution in [0.1, 0.15) is 20.3 Å². The Hall–Kier alpha value is -0.650. The highest BCUT2D eigenvalue weighted by molar-refractivity contribution is 7.89. The van der Waals surface area contributed by atoms with Gasteiger partial charge in [0.15, 0.2) is 0 Å². The van der Waals surface area contributed by atoms with Gasteiger partial charge in [0.05, 0.1) is 0 Å². The molecule has 6 heteroatoms. The zero-order valence-corrected chi connectivity index (χ0v) is 10.1. The van der Waals surface area contributed by atoms with Gasteiger partial charge in [0.2, 0.25) is 10.0 Å². The summed E-state index contributed by atoms with van der Waals surface area (Å²) in [4.78, 5) is 3.75. The number of hydrogen-bond donors (Lipinski definition) is 1. The van der Waals surface area contributed by atoms with E-state index in [1.54, 1.807) is 6.92 Å². The first-order chi connectivity index (χ1) is 6.97. The molecule has 0 spiro atoms. The van der Waals surface area contributed by atoms with Crippen LogP contribution in [-0.4, -0.2) is 19.4 Å². The number of nitrogens with one attached hydrogen (secondary N) is 1. The van der Waals surface area contributed by atoms with Crippen LogP contribution in [0.25, 0.3) is 0 Å². The largest absolute Gasteiger partial charge is 0.243 e. The number of aromatic nitrogens is 1. The van der Waals surface area contributed by atoms with Gasteiger partial charge in [0, 0.05) is 12.2 Å². The van der Waals surface area contributed by atoms with Gasteiger partial charge < -0.3 is 0 Å². The molecule has 0 saturated heterocycles. The molecule has 1 aromatic rings. The summed E-state index contributed by atoms with van der Waals surface area (Å²) in [5.74, 6) is 0. The molecule has 1 aromatic heterocycles. The van der Waals surface area contributed by atoms with Gasteiger partial charge in [-0.2, -0.15) is 0 Å². The van der Waals surface area contributed by atoms with Crippen LogP contribution in [0.4, 0.5) is 0 Å². The summed E-state index contributed by atoms with van der Waals surface area (Å²) in [5.41, 5.74) is 0. The number of halogens is 1. The summed E-state index contributed by atoms with van der Waals surface area (Å²) in [6.07, 6.45) is 2.17. The van der Waals surface area contributed by atoms with Crippen molar-refractivity contribution in [1.82, 2.24) is 9.71 Å². The number of sulfonamides is 1. The summed E-state index contributed by atoms with van der Waals surface area (Å²) >= 11 is 5.71. The molecule has 1 atom stereocenters. The topological polar surface area (TPSA) is 59.1 Å². The second kappa shape index (κ2) is 4.92. The molecule has 0 bridgehead atoms. The van der Waals surface area contributed by atoms with Gasteiger partial charge in [-0.3, -0.25) is 0 Å². The maximum absolute atomic E-state index is 11.8. The smallest absolute Gasteiger partial charge is 0.243 e. The minimum atomic E-state index is -3.55. The Morgan fingerprint density at radius 2 is 2.27 bits per heavy atom. The van der Waals surface area contributed by atoms with Gasteiger partial charge in [-0.1, -0.05) is 18.5 Å². The highest BCUT2D eigenvalue weighted by Crippen LogP contribution is 2.17. The maximum Gasteiger partial charge on any atom is 0.243 e. The van der Waals surface area contributed by atoms with E-state index in [1.165, 1.54) is 18.3 Å². The third-order valence-corrected chi connectivity index (χ3v) is 4.02. The lowest BCUT2D eigenvalue weighted by Gasteiger charge is -2.12. The van der Waals surface area contributed by atoms with Gasteiger partial charge in [0.1, 0.15) is 10.0 Å². The van der Waals surface area contributed by atoms with Gasteiger partial charge in [-0.15, -0.1) is 0 Å². The van der Waals surface area contributed by atoms with Gasteiger partial charge >= 0.3 is 0 Å². The van der Waals surface area contributed by atoms with Crippen LogP contribution >= 0.6 is 11.6 Å². The molecule has 15 heavy (non-hydrogen) atoms. The van der Waals surface area contributed by atoms with Crippen molar-refractivity contribution in [2.24, 2.45) is 0 Å². The van der Waals surface area contributed by atoms with Crippen molar-refractivity contribution in [1.29, 1.82) is 0 Å². The molecule has 0 aliphatic rings. The molecule has 84 valence electrons. The summed E-state index contributed by atoms with van der Waals surface area (Å²) < 4.78 is 26.1. The minimum Gasteiger partial charge on any atom is -0.243 e. The zero-order chi connectivity index (χ0) is 11.5. The molecule has 1 N–H and O–H groups in total. The Morgan fingerprint density at radius 1 is 1.60 bits per heavy atom. The van der Waals surface area contributed by atoms with Crippen LogP contribution < -0.4 is 4.72 Å². The van der Waals surface area contributed by atoms with E-state index in [0.717, 1.165) is 6.42 Å². The van der Waals surface area contributed by atoms with E-state index < -0.39 is 10.0 Å². The SMILES string of the molecule is CC[C@H](C)NS(=O)(=O)c1cccnc1Cl. The van der Waals surface area contributed by atoms with E-state index >= 15 is 0 Å². The Morgan fingerprint density at radius 3 is 2.80 bits per heavy atom. The average Bonchev–Trinajstić information content (AvgIpc) is 2.17. The first-order valence-corrected chi connectivity index (χ1v) is 6.46. The Bertz CT molecular complexity index is 433. The lowest BCUT2D eigenvalue weighted by Crippen LogP contribution is -2.32. The Labute approximate surface area is 94.7 Å². The van der Waals surface area contributed by atoms with Crippen molar-refractivity contribution in [3.63, 3.8) is 0 Å². The quantitative estimate of drug-likeness (QED) is 0.827. The van der Waals surface area contributed by atoms with E-state index in [9.17, 15) is 8.42 Å². The normalized spacial score (nSPS) is 13.8. The van der Waals surface area contributed by atoms with Crippen LogP contribution in [0, 0.1) is 0 Å². The molecule has 0 fully saturated rings. The standard InChI is InChI=1S/C9H13ClN2O2S/c1-3-7(2)12-15(13,14)8-5-4-6-11-9(8)10/h4-7,12H,3H2,1-2H3/t7-/m0/s1. The third-order valence-electron chi connectivity index (χ3n) is 1.98. The number of nitrogens with zero attached hydrogens (tertiary/aromatic N) is 1. The monoisotopic (exact) mass is 248 g/mol. The first kappa shape index (κ1) is 12.4. The highest BCUT2D eigenvalue weighted by Gasteiger charge is 2.19. The van der Waals surface area contributed by atoms with Crippen LogP contribution in [0.5, 0.6) is 0 Å². The van der Waals surface area contributed by atoms with Crippen molar-refractivity contribution in [3.8, 4) is 0 Å². The van der Waals surface area contributed by atoms with Crippen molar-refractivity contribution in [2.75, 3.05) is 0 Å². The summed E-state index contributed by atoms with van der Waals surface area (Å²) in [6, 6.07) is 2.85. The van der Waals surface area contributed by atoms with E-state index in [4.69, 9.17) is 11.6 Å². The summed E-state index contributed by atoms with van der Waals surface area (Å²) in [7, 11) is -3.55. The number of hydrogen-bond acceptors (Lipinski definition) is 3. The molecule has 1 rings (SSSR count). The zero-order valence-electron chi connectivity index (χ0n) is 8.57. The van der Waals surface area contributed by atoms with E-state index in [-0.39, 0.29) is 16.1 Å². The van der Waals surface area contributed by atoms with Gasteiger partial charge in [-0.25, -0.2) is 18.1 Å². The molecule has 0 aromatic carbocycles. The van der Waals surface area contributed by atoms with Gasteiger partial charge in [0.25, 0.3) is 0 Å². The van der Waals surface area contributed by atoms with Crippen LogP contribution in [0.15, 0.2) is 23.2 Å². The molecule has 0 unspecified atom stereocenters. The predicted octanol–water partition coefficient (Wildman–Crippen LogP) is 1.81. The maximum atomic E-state index is 11.8. The number of rotatable bonds is 4. The molecule has 1 heterocycles. The van der Waals surface area contributed by atoms with Crippen LogP contribution in [0.3, 0.4) is 0 Å². The Kier molecular flexibility index (Phi) is 4.07. The predicted molar refractivity (Wildman–Crippen MR) is 59.3 cm³/mol. The fraction of sp³-hybridized carbons (Fsp3) is 0.444. The highest BCUT2D eigenvalue weighted by atomic mass is 35.5. The van der Waals surface area contributed by atoms with Crippen molar-refractivity contribution < 1.29 is 8.42 Å². The molecule has 0 aliphatic heterocycles. The van der Waals surface area contributed by atoms with Crippen molar-refractivity contribution >= 4 is 21.6 Å². The summed E-state index contributed by atoms with van der Waals surface area (Å²) in [6.45, 7) is 3.69. The fourth-order valence-corrected chi connectivity index (χ4v) is 2.76. The van der Waals surface area contributed by atoms with E-state index in [0.29, 0.717) is 0 Å². The molecule has 4 nitrogen and oxygen atoms in total. The fourth-order valence-electron chi connectivity index (χ4n) is 0.983. The van der Waals surface area contributed by atoms with Crippen molar-refractivity contribution in [3.05, 3.63) is 23.5 Å². The Balaban J connectivity index is 3.02. The lowest BCUT2D eigenvalue weighted by atomic mass is 10.3. The molecule has 0 aliphatic carbocycles. The molecule has 0 saturated carbocycles. The van der Waals surface area contributed by atoms with Crippen LogP contribution in [-0.2, 0) is 10.0 Å². The van der Waals surface area contributed by atoms with Gasteiger partial charge in [-0.05, 0) is 25.5 Å². The molecular formula is C9H13ClN2O2S. The molecular weight excluding hydrogens is 236 g/mol. The minimum absolute atomic E-state index is 0.00620. The van der Waals surface area contributed by atoms with E-state index in [1.807, 2.05) is 6.92 Å².